The summed E-state index contributed by atoms with van der Waals surface area (Å²) in [7, 11) is -1.86. The molecule has 2 fully saturated rings. The number of benzene rings is 1. The standard InChI is InChI=1S/C25H34N4O4S/c1-3-13-29(21-11-16-27(17-12-21)24(30)20-9-5-4-6-10-20)25(31)23-18-22(19-26(23)2)34(32,33)28-14-7-8-15-28/h4-6,9-10,18-19,21H,3,7-8,11-17H2,1-2H3. The van der Waals surface area contributed by atoms with Crippen LogP contribution in [0.15, 0.2) is 47.5 Å². The number of nitrogens with zero attached hydrogens (tertiary/aromatic N) is 4. The number of hydrogen-bond acceptors (Lipinski definition) is 4. The first kappa shape index (κ1) is 24.5. The van der Waals surface area contributed by atoms with Gasteiger partial charge in [0.1, 0.15) is 10.6 Å². The van der Waals surface area contributed by atoms with E-state index in [1.807, 2.05) is 47.1 Å². The average molecular weight is 487 g/mol. The molecule has 2 aromatic rings. The van der Waals surface area contributed by atoms with Gasteiger partial charge in [0, 0.05) is 57.6 Å². The molecule has 0 radical (unpaired) electrons. The van der Waals surface area contributed by atoms with Gasteiger partial charge in [0.25, 0.3) is 11.8 Å². The molecule has 0 spiro atoms. The lowest BCUT2D eigenvalue weighted by Gasteiger charge is -2.38. The Kier molecular flexibility index (Phi) is 7.42. The van der Waals surface area contributed by atoms with Crippen LogP contribution >= 0.6 is 0 Å². The van der Waals surface area contributed by atoms with Crippen molar-refractivity contribution >= 4 is 21.8 Å². The summed E-state index contributed by atoms with van der Waals surface area (Å²) < 4.78 is 29.1. The van der Waals surface area contributed by atoms with Crippen molar-refractivity contribution in [1.82, 2.24) is 18.7 Å². The van der Waals surface area contributed by atoms with Crippen molar-refractivity contribution in [2.45, 2.75) is 50.0 Å². The van der Waals surface area contributed by atoms with E-state index in [1.165, 1.54) is 10.4 Å². The lowest BCUT2D eigenvalue weighted by molar-refractivity contribution is 0.0513. The second-order valence-corrected chi connectivity index (χ2v) is 11.1. The van der Waals surface area contributed by atoms with E-state index in [9.17, 15) is 18.0 Å². The van der Waals surface area contributed by atoms with E-state index < -0.39 is 10.0 Å². The molecule has 2 saturated heterocycles. The molecule has 4 rings (SSSR count). The Balaban J connectivity index is 1.47. The fourth-order valence-corrected chi connectivity index (χ4v) is 6.54. The monoisotopic (exact) mass is 486 g/mol. The number of hydrogen-bond donors (Lipinski definition) is 0. The smallest absolute Gasteiger partial charge is 0.270 e. The van der Waals surface area contributed by atoms with E-state index in [-0.39, 0.29) is 22.8 Å². The molecule has 2 aliphatic rings. The maximum absolute atomic E-state index is 13.6. The highest BCUT2D eigenvalue weighted by molar-refractivity contribution is 7.89. The quantitative estimate of drug-likeness (QED) is 0.603. The predicted octanol–water partition coefficient (Wildman–Crippen LogP) is 2.97. The second-order valence-electron chi connectivity index (χ2n) is 9.17. The summed E-state index contributed by atoms with van der Waals surface area (Å²) in [4.78, 5) is 30.3. The zero-order chi connectivity index (χ0) is 24.3. The molecular formula is C25H34N4O4S. The van der Waals surface area contributed by atoms with Gasteiger partial charge in [0.2, 0.25) is 10.0 Å². The third kappa shape index (κ3) is 4.90. The first-order chi connectivity index (χ1) is 16.3. The van der Waals surface area contributed by atoms with Crippen LogP contribution in [0.3, 0.4) is 0 Å². The van der Waals surface area contributed by atoms with E-state index in [2.05, 4.69) is 0 Å². The van der Waals surface area contributed by atoms with Gasteiger partial charge in [-0.2, -0.15) is 4.31 Å². The SMILES string of the molecule is CCCN(C(=O)c1cc(S(=O)(=O)N2CCCC2)cn1C)C1CCN(C(=O)c2ccccc2)CC1. The second kappa shape index (κ2) is 10.3. The minimum atomic E-state index is -3.58. The molecule has 3 heterocycles. The summed E-state index contributed by atoms with van der Waals surface area (Å²) >= 11 is 0. The van der Waals surface area contributed by atoms with Crippen molar-refractivity contribution in [1.29, 1.82) is 0 Å². The molecule has 9 heteroatoms. The molecule has 2 amide bonds. The number of rotatable bonds is 7. The highest BCUT2D eigenvalue weighted by Crippen LogP contribution is 2.25. The average Bonchev–Trinajstić information content (AvgIpc) is 3.53. The van der Waals surface area contributed by atoms with Crippen LogP contribution in [0.25, 0.3) is 0 Å². The first-order valence-corrected chi connectivity index (χ1v) is 13.6. The fourth-order valence-electron chi connectivity index (χ4n) is 4.95. The van der Waals surface area contributed by atoms with E-state index in [0.717, 1.165) is 19.3 Å². The zero-order valence-corrected chi connectivity index (χ0v) is 20.8. The number of amides is 2. The van der Waals surface area contributed by atoms with E-state index in [0.29, 0.717) is 56.8 Å². The van der Waals surface area contributed by atoms with Crippen molar-refractivity contribution in [3.8, 4) is 0 Å². The van der Waals surface area contributed by atoms with Gasteiger partial charge in [-0.05, 0) is 50.3 Å². The molecular weight excluding hydrogens is 452 g/mol. The van der Waals surface area contributed by atoms with Crippen molar-refractivity contribution in [2.75, 3.05) is 32.7 Å². The first-order valence-electron chi connectivity index (χ1n) is 12.1. The number of aromatic nitrogens is 1. The molecule has 34 heavy (non-hydrogen) atoms. The van der Waals surface area contributed by atoms with Gasteiger partial charge in [0.05, 0.1) is 0 Å². The van der Waals surface area contributed by atoms with Crippen LogP contribution in [-0.2, 0) is 17.1 Å². The van der Waals surface area contributed by atoms with Gasteiger partial charge < -0.3 is 14.4 Å². The molecule has 0 bridgehead atoms. The zero-order valence-electron chi connectivity index (χ0n) is 20.0. The molecule has 0 atom stereocenters. The predicted molar refractivity (Wildman–Crippen MR) is 130 cm³/mol. The molecule has 1 aromatic carbocycles. The summed E-state index contributed by atoms with van der Waals surface area (Å²) in [5.74, 6) is -0.133. The lowest BCUT2D eigenvalue weighted by atomic mass is 10.0. The van der Waals surface area contributed by atoms with Crippen LogP contribution in [-0.4, -0.2) is 77.7 Å². The van der Waals surface area contributed by atoms with Crippen LogP contribution in [0.2, 0.25) is 0 Å². The minimum Gasteiger partial charge on any atom is -0.345 e. The van der Waals surface area contributed by atoms with Gasteiger partial charge in [-0.15, -0.1) is 0 Å². The van der Waals surface area contributed by atoms with Gasteiger partial charge in [-0.1, -0.05) is 25.1 Å². The highest BCUT2D eigenvalue weighted by Gasteiger charge is 2.33. The highest BCUT2D eigenvalue weighted by atomic mass is 32.2. The van der Waals surface area contributed by atoms with Gasteiger partial charge in [-0.3, -0.25) is 9.59 Å². The van der Waals surface area contributed by atoms with Crippen LogP contribution in [0, 0.1) is 0 Å². The molecule has 0 aliphatic carbocycles. The van der Waals surface area contributed by atoms with Gasteiger partial charge >= 0.3 is 0 Å². The minimum absolute atomic E-state index is 0.0146. The Hall–Kier alpha value is -2.65. The third-order valence-electron chi connectivity index (χ3n) is 6.84. The maximum Gasteiger partial charge on any atom is 0.270 e. The number of piperidine rings is 1. The third-order valence-corrected chi connectivity index (χ3v) is 8.70. The molecule has 2 aliphatic heterocycles. The van der Waals surface area contributed by atoms with Crippen molar-refractivity contribution in [2.24, 2.45) is 7.05 Å². The Morgan fingerprint density at radius 1 is 1.03 bits per heavy atom. The van der Waals surface area contributed by atoms with Crippen molar-refractivity contribution in [3.63, 3.8) is 0 Å². The van der Waals surface area contributed by atoms with E-state index in [1.54, 1.807) is 17.8 Å². The normalized spacial score (nSPS) is 17.8. The summed E-state index contributed by atoms with van der Waals surface area (Å²) in [6.45, 7) is 4.87. The van der Waals surface area contributed by atoms with Gasteiger partial charge in [-0.25, -0.2) is 8.42 Å². The summed E-state index contributed by atoms with van der Waals surface area (Å²) in [6, 6.07) is 10.8. The number of likely N-dealkylation sites (tertiary alicyclic amines) is 1. The Labute approximate surface area is 202 Å². The molecule has 0 saturated carbocycles. The van der Waals surface area contributed by atoms with Gasteiger partial charge in [0.15, 0.2) is 0 Å². The summed E-state index contributed by atoms with van der Waals surface area (Å²) in [5, 5.41) is 0. The van der Waals surface area contributed by atoms with Crippen LogP contribution in [0.5, 0.6) is 0 Å². The number of sulfonamides is 1. The lowest BCUT2D eigenvalue weighted by Crippen LogP contribution is -2.49. The number of carbonyl (C=O) groups is 2. The molecule has 8 nitrogen and oxygen atoms in total. The summed E-state index contributed by atoms with van der Waals surface area (Å²) in [6.07, 6.45) is 5.49. The maximum atomic E-state index is 13.6. The number of aryl methyl sites for hydroxylation is 1. The van der Waals surface area contributed by atoms with Crippen LogP contribution in [0.1, 0.15) is 59.9 Å². The Morgan fingerprint density at radius 2 is 1.68 bits per heavy atom. The Morgan fingerprint density at radius 3 is 2.29 bits per heavy atom. The van der Waals surface area contributed by atoms with Crippen LogP contribution in [0.4, 0.5) is 0 Å². The van der Waals surface area contributed by atoms with Crippen LogP contribution < -0.4 is 0 Å². The Bertz CT molecular complexity index is 1120. The molecule has 0 N–H and O–H groups in total. The fraction of sp³-hybridized carbons (Fsp3) is 0.520. The number of carbonyl (C=O) groups excluding carboxylic acids is 2. The van der Waals surface area contributed by atoms with Crippen molar-refractivity contribution < 1.29 is 18.0 Å². The van der Waals surface area contributed by atoms with E-state index >= 15 is 0 Å². The van der Waals surface area contributed by atoms with E-state index in [4.69, 9.17) is 0 Å². The molecule has 1 aromatic heterocycles. The summed E-state index contributed by atoms with van der Waals surface area (Å²) in [5.41, 5.74) is 1.06. The largest absolute Gasteiger partial charge is 0.345 e. The molecule has 0 unspecified atom stereocenters. The topological polar surface area (TPSA) is 82.9 Å². The molecule has 184 valence electrons. The van der Waals surface area contributed by atoms with Crippen molar-refractivity contribution in [3.05, 3.63) is 53.9 Å².